The third-order valence-corrected chi connectivity index (χ3v) is 4.28. The number of carbonyl (C=O) groups excluding carboxylic acids is 1. The van der Waals surface area contributed by atoms with E-state index in [1.54, 1.807) is 25.1 Å². The maximum absolute atomic E-state index is 12.3. The molecule has 3 rings (SSSR count). The van der Waals surface area contributed by atoms with Gasteiger partial charge in [0.15, 0.2) is 0 Å². The predicted molar refractivity (Wildman–Crippen MR) is 106 cm³/mol. The molecule has 1 aromatic heterocycles. The number of hydrazone groups is 1. The van der Waals surface area contributed by atoms with Gasteiger partial charge in [0.2, 0.25) is 0 Å². The van der Waals surface area contributed by atoms with Gasteiger partial charge in [0.25, 0.3) is 11.6 Å². The molecule has 8 nitrogen and oxygen atoms in total. The summed E-state index contributed by atoms with van der Waals surface area (Å²) in [4.78, 5) is 22.7. The Morgan fingerprint density at radius 1 is 1.21 bits per heavy atom. The lowest BCUT2D eigenvalue weighted by atomic mass is 10.1. The highest BCUT2D eigenvalue weighted by molar-refractivity contribution is 6.01. The number of carbonyl (C=O) groups is 1. The van der Waals surface area contributed by atoms with E-state index in [4.69, 9.17) is 0 Å². The van der Waals surface area contributed by atoms with Crippen LogP contribution in [0.25, 0.3) is 11.3 Å². The van der Waals surface area contributed by atoms with E-state index in [9.17, 15) is 14.9 Å². The van der Waals surface area contributed by atoms with Gasteiger partial charge in [-0.3, -0.25) is 20.0 Å². The topological polar surface area (TPSA) is 113 Å². The van der Waals surface area contributed by atoms with Crippen LogP contribution in [0.5, 0.6) is 0 Å². The molecular formula is C20H19N5O3. The zero-order valence-electron chi connectivity index (χ0n) is 15.5. The Bertz CT molecular complexity index is 1040. The number of aryl methyl sites for hydroxylation is 1. The molecule has 8 heteroatoms. The van der Waals surface area contributed by atoms with Crippen LogP contribution < -0.4 is 5.43 Å². The molecule has 0 radical (unpaired) electrons. The van der Waals surface area contributed by atoms with Crippen LogP contribution >= 0.6 is 0 Å². The summed E-state index contributed by atoms with van der Waals surface area (Å²) >= 11 is 0. The van der Waals surface area contributed by atoms with Crippen molar-refractivity contribution < 1.29 is 9.72 Å². The Morgan fingerprint density at radius 3 is 2.64 bits per heavy atom. The van der Waals surface area contributed by atoms with Crippen molar-refractivity contribution in [1.82, 2.24) is 15.6 Å². The molecule has 0 fully saturated rings. The second-order valence-corrected chi connectivity index (χ2v) is 6.16. The number of amides is 1. The molecule has 3 aromatic rings. The first kappa shape index (κ1) is 19.0. The number of nitrogens with zero attached hydrogens (tertiary/aromatic N) is 3. The zero-order chi connectivity index (χ0) is 20.1. The molecule has 1 amide bonds. The first-order chi connectivity index (χ1) is 13.5. The molecule has 0 aliphatic rings. The van der Waals surface area contributed by atoms with Crippen molar-refractivity contribution in [3.8, 4) is 11.3 Å². The largest absolute Gasteiger partial charge is 0.289 e. The van der Waals surface area contributed by atoms with Gasteiger partial charge >= 0.3 is 0 Å². The molecule has 28 heavy (non-hydrogen) atoms. The third-order valence-electron chi connectivity index (χ3n) is 4.28. The van der Waals surface area contributed by atoms with Crippen LogP contribution in [-0.4, -0.2) is 26.7 Å². The molecule has 0 saturated carbocycles. The molecule has 0 atom stereocenters. The quantitative estimate of drug-likeness (QED) is 0.387. The van der Waals surface area contributed by atoms with Gasteiger partial charge in [0, 0.05) is 23.3 Å². The van der Waals surface area contributed by atoms with Crippen molar-refractivity contribution in [1.29, 1.82) is 0 Å². The highest BCUT2D eigenvalue weighted by Crippen LogP contribution is 2.19. The van der Waals surface area contributed by atoms with Crippen LogP contribution in [0.4, 0.5) is 5.69 Å². The average molecular weight is 377 g/mol. The number of nitro benzene ring substituents is 1. The summed E-state index contributed by atoms with van der Waals surface area (Å²) in [7, 11) is 0. The number of aromatic nitrogens is 2. The minimum absolute atomic E-state index is 0.0364. The fourth-order valence-electron chi connectivity index (χ4n) is 2.60. The van der Waals surface area contributed by atoms with Gasteiger partial charge in [-0.05, 0) is 25.0 Å². The maximum atomic E-state index is 12.3. The zero-order valence-corrected chi connectivity index (χ0v) is 15.5. The number of aromatic amines is 1. The number of non-ortho nitro benzene ring substituents is 1. The summed E-state index contributed by atoms with van der Waals surface area (Å²) in [6.07, 6.45) is 0.955. The number of rotatable bonds is 6. The Kier molecular flexibility index (Phi) is 5.59. The van der Waals surface area contributed by atoms with Gasteiger partial charge in [0.05, 0.1) is 16.3 Å². The van der Waals surface area contributed by atoms with Crippen LogP contribution in [0.15, 0.2) is 59.7 Å². The van der Waals surface area contributed by atoms with Crippen LogP contribution in [0.1, 0.15) is 35.5 Å². The number of hydrogen-bond donors (Lipinski definition) is 2. The van der Waals surface area contributed by atoms with Crippen molar-refractivity contribution in [2.24, 2.45) is 5.10 Å². The van der Waals surface area contributed by atoms with Gasteiger partial charge < -0.3 is 0 Å². The summed E-state index contributed by atoms with van der Waals surface area (Å²) in [5.41, 5.74) is 6.46. The van der Waals surface area contributed by atoms with Crippen molar-refractivity contribution in [2.45, 2.75) is 20.3 Å². The van der Waals surface area contributed by atoms with Crippen LogP contribution in [0.3, 0.4) is 0 Å². The molecule has 0 aliphatic heterocycles. The van der Waals surface area contributed by atoms with E-state index in [0.717, 1.165) is 12.0 Å². The van der Waals surface area contributed by atoms with Crippen molar-refractivity contribution in [3.63, 3.8) is 0 Å². The normalized spacial score (nSPS) is 11.3. The van der Waals surface area contributed by atoms with Crippen molar-refractivity contribution >= 4 is 17.3 Å². The SMILES string of the molecule is CCc1ccc(-c2cc(C(=O)N/N=C(\C)c3cccc([N+](=O)[O-])c3)[nH]n2)cc1. The van der Waals surface area contributed by atoms with Crippen LogP contribution in [0, 0.1) is 10.1 Å². The summed E-state index contributed by atoms with van der Waals surface area (Å²) < 4.78 is 0. The Labute approximate surface area is 161 Å². The number of hydrogen-bond acceptors (Lipinski definition) is 5. The maximum Gasteiger partial charge on any atom is 0.289 e. The van der Waals surface area contributed by atoms with E-state index in [2.05, 4.69) is 27.6 Å². The molecular weight excluding hydrogens is 358 g/mol. The summed E-state index contributed by atoms with van der Waals surface area (Å²) in [6.45, 7) is 3.75. The Hall–Kier alpha value is -3.81. The van der Waals surface area contributed by atoms with Gasteiger partial charge in [0.1, 0.15) is 5.69 Å². The molecule has 0 spiro atoms. The number of H-pyrrole nitrogens is 1. The lowest BCUT2D eigenvalue weighted by molar-refractivity contribution is -0.384. The second kappa shape index (κ2) is 8.26. The van der Waals surface area contributed by atoms with E-state index in [1.165, 1.54) is 17.7 Å². The molecule has 1 heterocycles. The van der Waals surface area contributed by atoms with Crippen molar-refractivity contribution in [3.05, 3.63) is 81.5 Å². The molecule has 2 aromatic carbocycles. The number of nitrogens with one attached hydrogen (secondary N) is 2. The van der Waals surface area contributed by atoms with Gasteiger partial charge in [-0.15, -0.1) is 0 Å². The van der Waals surface area contributed by atoms with Gasteiger partial charge in [-0.1, -0.05) is 43.3 Å². The first-order valence-electron chi connectivity index (χ1n) is 8.72. The van der Waals surface area contributed by atoms with Crippen molar-refractivity contribution in [2.75, 3.05) is 0 Å². The number of benzene rings is 2. The van der Waals surface area contributed by atoms with Crippen LogP contribution in [-0.2, 0) is 6.42 Å². The lowest BCUT2D eigenvalue weighted by Crippen LogP contribution is -2.19. The fraction of sp³-hybridized carbons (Fsp3) is 0.150. The second-order valence-electron chi connectivity index (χ2n) is 6.16. The molecule has 2 N–H and O–H groups in total. The standard InChI is InChI=1S/C20H19N5O3/c1-3-14-7-9-15(10-8-14)18-12-19(23-22-18)20(26)24-21-13(2)16-5-4-6-17(11-16)25(27)28/h4-12H,3H2,1-2H3,(H,22,23)(H,24,26)/b21-13+. The van der Waals surface area contributed by atoms with E-state index >= 15 is 0 Å². The molecule has 0 bridgehead atoms. The minimum Gasteiger partial charge on any atom is -0.272 e. The van der Waals surface area contributed by atoms with E-state index in [0.29, 0.717) is 17.0 Å². The summed E-state index contributed by atoms with van der Waals surface area (Å²) in [5, 5.41) is 21.8. The van der Waals surface area contributed by atoms with Gasteiger partial charge in [-0.25, -0.2) is 5.43 Å². The Morgan fingerprint density at radius 2 is 1.96 bits per heavy atom. The van der Waals surface area contributed by atoms with E-state index < -0.39 is 10.8 Å². The third kappa shape index (κ3) is 4.29. The molecule has 0 saturated heterocycles. The summed E-state index contributed by atoms with van der Waals surface area (Å²) in [5.74, 6) is -0.450. The fourth-order valence-corrected chi connectivity index (χ4v) is 2.60. The van der Waals surface area contributed by atoms with E-state index in [-0.39, 0.29) is 11.4 Å². The predicted octanol–water partition coefficient (Wildman–Crippen LogP) is 3.70. The molecule has 142 valence electrons. The lowest BCUT2D eigenvalue weighted by Gasteiger charge is -2.02. The monoisotopic (exact) mass is 377 g/mol. The highest BCUT2D eigenvalue weighted by Gasteiger charge is 2.12. The Balaban J connectivity index is 1.71. The molecule has 0 aliphatic carbocycles. The smallest absolute Gasteiger partial charge is 0.272 e. The van der Waals surface area contributed by atoms with Gasteiger partial charge in [-0.2, -0.15) is 10.2 Å². The first-order valence-corrected chi connectivity index (χ1v) is 8.72. The summed E-state index contributed by atoms with van der Waals surface area (Å²) in [6, 6.07) is 15.7. The average Bonchev–Trinajstić information content (AvgIpc) is 3.22. The minimum atomic E-state index is -0.478. The van der Waals surface area contributed by atoms with E-state index in [1.807, 2.05) is 24.3 Å². The highest BCUT2D eigenvalue weighted by atomic mass is 16.6. The van der Waals surface area contributed by atoms with Crippen LogP contribution in [0.2, 0.25) is 0 Å². The number of nitro groups is 1. The molecule has 0 unspecified atom stereocenters.